The molecule has 2 aliphatic heterocycles. The third kappa shape index (κ3) is 4.38. The molecule has 0 spiro atoms. The van der Waals surface area contributed by atoms with Gasteiger partial charge in [-0.25, -0.2) is 4.98 Å². The average Bonchev–Trinajstić information content (AvgIpc) is 3.63. The number of rotatable bonds is 7. The number of aliphatic hydroxyl groups is 1. The number of benzene rings is 3. The molecule has 3 aromatic carbocycles. The molecule has 6 rings (SSSR count). The molecular formula is C31H26N2O6S. The van der Waals surface area contributed by atoms with Crippen molar-refractivity contribution < 1.29 is 28.9 Å². The molecule has 1 N–H and O–H groups in total. The van der Waals surface area contributed by atoms with Gasteiger partial charge in [-0.3, -0.25) is 14.5 Å². The van der Waals surface area contributed by atoms with Crippen LogP contribution < -0.4 is 19.1 Å². The highest BCUT2D eigenvalue weighted by molar-refractivity contribution is 7.22. The summed E-state index contributed by atoms with van der Waals surface area (Å²) in [6.45, 7) is 5.95. The van der Waals surface area contributed by atoms with Gasteiger partial charge in [0, 0.05) is 12.0 Å². The molecule has 0 aliphatic carbocycles. The number of methoxy groups -OCH3 is 1. The average molecular weight is 555 g/mol. The Morgan fingerprint density at radius 1 is 1.18 bits per heavy atom. The van der Waals surface area contributed by atoms with E-state index < -0.39 is 17.7 Å². The van der Waals surface area contributed by atoms with Gasteiger partial charge in [0.1, 0.15) is 35.7 Å². The monoisotopic (exact) mass is 554 g/mol. The number of thiazole rings is 1. The summed E-state index contributed by atoms with van der Waals surface area (Å²) in [5.41, 5.74) is 2.61. The van der Waals surface area contributed by atoms with E-state index in [2.05, 4.69) is 11.6 Å². The summed E-state index contributed by atoms with van der Waals surface area (Å²) >= 11 is 1.27. The van der Waals surface area contributed by atoms with E-state index in [0.717, 1.165) is 16.0 Å². The maximum absolute atomic E-state index is 13.6. The van der Waals surface area contributed by atoms with Gasteiger partial charge in [-0.05, 0) is 66.6 Å². The summed E-state index contributed by atoms with van der Waals surface area (Å²) in [5.74, 6) is 0.130. The van der Waals surface area contributed by atoms with Crippen LogP contribution in [-0.2, 0) is 16.0 Å². The van der Waals surface area contributed by atoms with E-state index in [-0.39, 0.29) is 17.4 Å². The molecule has 0 radical (unpaired) electrons. The fourth-order valence-corrected chi connectivity index (χ4v) is 6.14. The molecule has 202 valence electrons. The van der Waals surface area contributed by atoms with Crippen molar-refractivity contribution in [1.82, 2.24) is 4.98 Å². The number of aliphatic hydroxyl groups excluding tert-OH is 1. The molecule has 4 aromatic rings. The van der Waals surface area contributed by atoms with Crippen molar-refractivity contribution in [3.8, 4) is 17.2 Å². The summed E-state index contributed by atoms with van der Waals surface area (Å²) in [6.07, 6.45) is 2.34. The van der Waals surface area contributed by atoms with E-state index in [4.69, 9.17) is 14.2 Å². The van der Waals surface area contributed by atoms with Crippen molar-refractivity contribution in [1.29, 1.82) is 0 Å². The highest BCUT2D eigenvalue weighted by atomic mass is 32.1. The summed E-state index contributed by atoms with van der Waals surface area (Å²) < 4.78 is 17.7. The predicted octanol–water partition coefficient (Wildman–Crippen LogP) is 5.82. The second-order valence-corrected chi connectivity index (χ2v) is 10.6. The minimum Gasteiger partial charge on any atom is -0.507 e. The van der Waals surface area contributed by atoms with Crippen molar-refractivity contribution in [2.75, 3.05) is 18.6 Å². The molecule has 3 heterocycles. The molecule has 1 fully saturated rings. The fraction of sp³-hybridized carbons (Fsp3) is 0.194. The molecule has 40 heavy (non-hydrogen) atoms. The van der Waals surface area contributed by atoms with Crippen molar-refractivity contribution in [3.05, 3.63) is 95.6 Å². The van der Waals surface area contributed by atoms with E-state index in [9.17, 15) is 14.7 Å². The predicted molar refractivity (Wildman–Crippen MR) is 153 cm³/mol. The van der Waals surface area contributed by atoms with Crippen LogP contribution in [0.5, 0.6) is 17.2 Å². The van der Waals surface area contributed by atoms with Gasteiger partial charge < -0.3 is 19.3 Å². The minimum absolute atomic E-state index is 0.0189. The van der Waals surface area contributed by atoms with Gasteiger partial charge in [-0.2, -0.15) is 0 Å². The number of carbonyl (C=O) groups excluding carboxylic acids is 2. The van der Waals surface area contributed by atoms with E-state index >= 15 is 0 Å². The SMILES string of the molecule is C=CCOc1cccc([C@@H]2C(=C(O)c3ccc4c(c3)C[C@@H](C)O4)C(=O)C(=O)N2c2nc3ccc(OC)cc3s2)c1. The Bertz CT molecular complexity index is 1710. The summed E-state index contributed by atoms with van der Waals surface area (Å²) in [7, 11) is 1.58. The van der Waals surface area contributed by atoms with Crippen LogP contribution in [0.3, 0.4) is 0 Å². The van der Waals surface area contributed by atoms with Gasteiger partial charge >= 0.3 is 5.91 Å². The quantitative estimate of drug-likeness (QED) is 0.133. The molecule has 0 bridgehead atoms. The van der Waals surface area contributed by atoms with Gasteiger partial charge in [0.15, 0.2) is 5.13 Å². The Labute approximate surface area is 234 Å². The number of ketones is 1. The van der Waals surface area contributed by atoms with Crippen LogP contribution in [-0.4, -0.2) is 41.6 Å². The van der Waals surface area contributed by atoms with E-state index in [0.29, 0.717) is 46.3 Å². The third-order valence-electron chi connectivity index (χ3n) is 6.95. The molecule has 0 saturated carbocycles. The Morgan fingerprint density at radius 3 is 2.83 bits per heavy atom. The Balaban J connectivity index is 1.52. The van der Waals surface area contributed by atoms with Gasteiger partial charge in [0.05, 0.1) is 28.9 Å². The topological polar surface area (TPSA) is 98.2 Å². The summed E-state index contributed by atoms with van der Waals surface area (Å²) in [4.78, 5) is 33.3. The number of anilines is 1. The third-order valence-corrected chi connectivity index (χ3v) is 7.96. The molecule has 1 saturated heterocycles. The molecule has 2 aliphatic rings. The number of hydrogen-bond donors (Lipinski definition) is 1. The molecule has 1 amide bonds. The lowest BCUT2D eigenvalue weighted by atomic mass is 9.94. The largest absolute Gasteiger partial charge is 0.507 e. The molecule has 0 unspecified atom stereocenters. The van der Waals surface area contributed by atoms with E-state index in [1.165, 1.54) is 16.2 Å². The summed E-state index contributed by atoms with van der Waals surface area (Å²) in [6, 6.07) is 16.9. The van der Waals surface area contributed by atoms with Crippen LogP contribution >= 0.6 is 11.3 Å². The van der Waals surface area contributed by atoms with Crippen molar-refractivity contribution >= 4 is 44.1 Å². The van der Waals surface area contributed by atoms with Gasteiger partial charge in [-0.1, -0.05) is 36.1 Å². The number of amides is 1. The zero-order valence-electron chi connectivity index (χ0n) is 21.9. The lowest BCUT2D eigenvalue weighted by Crippen LogP contribution is -2.29. The highest BCUT2D eigenvalue weighted by Gasteiger charge is 2.48. The Hall–Kier alpha value is -4.63. The second kappa shape index (κ2) is 10.2. The lowest BCUT2D eigenvalue weighted by Gasteiger charge is -2.23. The van der Waals surface area contributed by atoms with Crippen LogP contribution in [0.4, 0.5) is 5.13 Å². The summed E-state index contributed by atoms with van der Waals surface area (Å²) in [5, 5.41) is 11.9. The van der Waals surface area contributed by atoms with Crippen LogP contribution in [0.25, 0.3) is 16.0 Å². The first-order chi connectivity index (χ1) is 19.4. The maximum atomic E-state index is 13.6. The number of aromatic nitrogens is 1. The molecular weight excluding hydrogens is 528 g/mol. The molecule has 1 aromatic heterocycles. The van der Waals surface area contributed by atoms with Crippen molar-refractivity contribution in [2.24, 2.45) is 0 Å². The molecule has 8 nitrogen and oxygen atoms in total. The highest BCUT2D eigenvalue weighted by Crippen LogP contribution is 2.45. The number of ether oxygens (including phenoxy) is 3. The molecule has 9 heteroatoms. The minimum atomic E-state index is -0.932. The van der Waals surface area contributed by atoms with E-state index in [1.54, 1.807) is 61.7 Å². The van der Waals surface area contributed by atoms with Gasteiger partial charge in [0.25, 0.3) is 5.78 Å². The Kier molecular flexibility index (Phi) is 6.51. The van der Waals surface area contributed by atoms with Gasteiger partial charge in [-0.15, -0.1) is 0 Å². The zero-order chi connectivity index (χ0) is 28.0. The van der Waals surface area contributed by atoms with Crippen LogP contribution in [0.15, 0.2) is 78.9 Å². The standard InChI is InChI=1S/C31H26N2O6S/c1-4-12-38-22-7-5-6-18(15-22)27-26(28(34)19-8-11-24-20(14-19)13-17(2)39-24)29(35)30(36)33(27)31-32-23-10-9-21(37-3)16-25(23)40-31/h4-11,14-17,27,34H,1,12-13H2,2-3H3/t17-,27-/m1/s1. The fourth-order valence-electron chi connectivity index (χ4n) is 5.12. The Morgan fingerprint density at radius 2 is 2.02 bits per heavy atom. The lowest BCUT2D eigenvalue weighted by molar-refractivity contribution is -0.132. The second-order valence-electron chi connectivity index (χ2n) is 9.63. The number of carbonyl (C=O) groups is 2. The first kappa shape index (κ1) is 25.6. The smallest absolute Gasteiger partial charge is 0.301 e. The zero-order valence-corrected chi connectivity index (χ0v) is 22.7. The van der Waals surface area contributed by atoms with Crippen molar-refractivity contribution in [3.63, 3.8) is 0 Å². The maximum Gasteiger partial charge on any atom is 0.301 e. The molecule has 2 atom stereocenters. The first-order valence-electron chi connectivity index (χ1n) is 12.8. The first-order valence-corrected chi connectivity index (χ1v) is 13.6. The van der Waals surface area contributed by atoms with Crippen LogP contribution in [0.1, 0.15) is 29.7 Å². The normalized spacial score (nSPS) is 19.5. The van der Waals surface area contributed by atoms with Crippen molar-refractivity contribution in [2.45, 2.75) is 25.5 Å². The number of fused-ring (bicyclic) bond motifs is 2. The number of Topliss-reactive ketones (excluding diaryl/α,β-unsaturated/α-hetero) is 1. The number of hydrogen-bond acceptors (Lipinski definition) is 8. The van der Waals surface area contributed by atoms with Crippen LogP contribution in [0, 0.1) is 0 Å². The number of nitrogens with zero attached hydrogens (tertiary/aromatic N) is 2. The van der Waals surface area contributed by atoms with Crippen LogP contribution in [0.2, 0.25) is 0 Å². The van der Waals surface area contributed by atoms with E-state index in [1.807, 2.05) is 19.1 Å². The van der Waals surface area contributed by atoms with Gasteiger partial charge in [0.2, 0.25) is 0 Å².